The number of carbonyl (C=O) groups excluding carboxylic acids is 2. The van der Waals surface area contributed by atoms with E-state index in [4.69, 9.17) is 5.73 Å². The van der Waals surface area contributed by atoms with Gasteiger partial charge in [-0.25, -0.2) is 13.8 Å². The zero-order valence-electron chi connectivity index (χ0n) is 19.3. The first-order chi connectivity index (χ1) is 17.8. The van der Waals surface area contributed by atoms with Crippen LogP contribution in [0.1, 0.15) is 56.8 Å². The molecule has 3 N–H and O–H groups in total. The highest BCUT2D eigenvalue weighted by atomic mass is 79.9. The fourth-order valence-corrected chi connectivity index (χ4v) is 6.85. The van der Waals surface area contributed by atoms with Gasteiger partial charge in [0.1, 0.15) is 21.9 Å². The van der Waals surface area contributed by atoms with Crippen molar-refractivity contribution in [2.24, 2.45) is 5.73 Å². The first kappa shape index (κ1) is 26.7. The van der Waals surface area contributed by atoms with Gasteiger partial charge in [0.2, 0.25) is 5.91 Å². The van der Waals surface area contributed by atoms with Gasteiger partial charge in [-0.15, -0.1) is 22.7 Å². The highest BCUT2D eigenvalue weighted by Gasteiger charge is 2.42. The summed E-state index contributed by atoms with van der Waals surface area (Å²) in [5, 5.41) is 6.44. The van der Waals surface area contributed by atoms with Crippen LogP contribution in [0.5, 0.6) is 0 Å². The van der Waals surface area contributed by atoms with Crippen molar-refractivity contribution in [2.75, 3.05) is 5.32 Å². The molecule has 7 nitrogen and oxygen atoms in total. The summed E-state index contributed by atoms with van der Waals surface area (Å²) in [6, 6.07) is 4.71. The molecule has 1 saturated carbocycles. The summed E-state index contributed by atoms with van der Waals surface area (Å²) < 4.78 is 68.4. The highest BCUT2D eigenvalue weighted by molar-refractivity contribution is 9.10. The van der Waals surface area contributed by atoms with Crippen LogP contribution in [0, 0.1) is 6.92 Å². The number of aromatic nitrogens is 3. The van der Waals surface area contributed by atoms with E-state index in [1.807, 2.05) is 6.92 Å². The highest BCUT2D eigenvalue weighted by Crippen LogP contribution is 2.47. The number of thiophene rings is 2. The Kier molecular flexibility index (Phi) is 6.80. The second-order valence-electron chi connectivity index (χ2n) is 8.68. The fourth-order valence-electron chi connectivity index (χ4n) is 4.11. The number of anilines is 1. The SMILES string of the molecule is Cc1ccc(-c2cc(C(F)F)nc3sc(C(N)=O)c(NC(=O)Cn4nc(C(F)(F)F)c(Br)c4C4CC4)c23)s1. The summed E-state index contributed by atoms with van der Waals surface area (Å²) in [5.41, 5.74) is 4.44. The number of hydrogen-bond donors (Lipinski definition) is 2. The molecule has 4 heterocycles. The lowest BCUT2D eigenvalue weighted by atomic mass is 10.1. The Morgan fingerprint density at radius 3 is 2.53 bits per heavy atom. The molecule has 0 aromatic carbocycles. The van der Waals surface area contributed by atoms with Crippen LogP contribution in [-0.2, 0) is 17.5 Å². The molecular weight excluding hydrogens is 617 g/mol. The Hall–Kier alpha value is -2.91. The zero-order valence-corrected chi connectivity index (χ0v) is 22.5. The maximum absolute atomic E-state index is 13.6. The van der Waals surface area contributed by atoms with E-state index >= 15 is 0 Å². The third-order valence-electron chi connectivity index (χ3n) is 5.86. The minimum atomic E-state index is -4.73. The summed E-state index contributed by atoms with van der Waals surface area (Å²) in [6.07, 6.45) is -6.30. The van der Waals surface area contributed by atoms with Crippen molar-refractivity contribution in [3.05, 3.63) is 49.5 Å². The number of carbonyl (C=O) groups is 2. The number of halogens is 6. The van der Waals surface area contributed by atoms with Crippen LogP contribution >= 0.6 is 38.6 Å². The van der Waals surface area contributed by atoms with Crippen molar-refractivity contribution in [3.63, 3.8) is 0 Å². The molecule has 1 fully saturated rings. The van der Waals surface area contributed by atoms with Crippen LogP contribution in [-0.4, -0.2) is 26.6 Å². The van der Waals surface area contributed by atoms with Crippen molar-refractivity contribution < 1.29 is 31.5 Å². The predicted octanol–water partition coefficient (Wildman–Crippen LogP) is 6.86. The van der Waals surface area contributed by atoms with E-state index in [2.05, 4.69) is 31.3 Å². The van der Waals surface area contributed by atoms with Gasteiger partial charge in [0.05, 0.1) is 15.9 Å². The number of rotatable bonds is 7. The van der Waals surface area contributed by atoms with Crippen molar-refractivity contribution in [1.82, 2.24) is 14.8 Å². The Balaban J connectivity index is 1.59. The summed E-state index contributed by atoms with van der Waals surface area (Å²) in [4.78, 5) is 30.8. The third kappa shape index (κ3) is 4.94. The van der Waals surface area contributed by atoms with E-state index in [-0.39, 0.29) is 36.9 Å². The lowest BCUT2D eigenvalue weighted by Crippen LogP contribution is -2.23. The largest absolute Gasteiger partial charge is 0.436 e. The predicted molar refractivity (Wildman–Crippen MR) is 137 cm³/mol. The molecule has 2 amide bonds. The molecule has 4 aromatic heterocycles. The van der Waals surface area contributed by atoms with E-state index in [0.717, 1.165) is 20.9 Å². The van der Waals surface area contributed by atoms with Gasteiger partial charge in [-0.1, -0.05) is 0 Å². The number of nitrogens with zero attached hydrogens (tertiary/aromatic N) is 3. The number of primary amides is 1. The zero-order chi connectivity index (χ0) is 27.5. The topological polar surface area (TPSA) is 103 Å². The van der Waals surface area contributed by atoms with E-state index < -0.39 is 42.3 Å². The number of hydrogen-bond acceptors (Lipinski definition) is 6. The van der Waals surface area contributed by atoms with Gasteiger partial charge < -0.3 is 11.1 Å². The number of fused-ring (bicyclic) bond motifs is 1. The molecule has 4 aromatic rings. The molecule has 0 unspecified atom stereocenters. The number of pyridine rings is 1. The normalized spacial score (nSPS) is 14.0. The van der Waals surface area contributed by atoms with Gasteiger partial charge in [0.15, 0.2) is 5.69 Å². The van der Waals surface area contributed by atoms with E-state index in [1.54, 1.807) is 12.1 Å². The smallest absolute Gasteiger partial charge is 0.365 e. The second-order valence-corrected chi connectivity index (χ2v) is 11.8. The van der Waals surface area contributed by atoms with E-state index in [0.29, 0.717) is 23.3 Å². The molecule has 0 bridgehead atoms. The Bertz CT molecular complexity index is 1590. The Morgan fingerprint density at radius 1 is 1.26 bits per heavy atom. The van der Waals surface area contributed by atoms with Crippen molar-refractivity contribution >= 4 is 66.3 Å². The number of nitrogens with two attached hydrogens (primary N) is 1. The van der Waals surface area contributed by atoms with Crippen molar-refractivity contribution in [2.45, 2.75) is 44.8 Å². The molecule has 38 heavy (non-hydrogen) atoms. The fraction of sp³-hybridized carbons (Fsp3) is 0.304. The first-order valence-electron chi connectivity index (χ1n) is 11.1. The molecule has 15 heteroatoms. The monoisotopic (exact) mass is 633 g/mol. The lowest BCUT2D eigenvalue weighted by Gasteiger charge is -2.11. The van der Waals surface area contributed by atoms with Crippen LogP contribution in [0.25, 0.3) is 20.7 Å². The number of amides is 2. The Labute approximate surface area is 228 Å². The van der Waals surface area contributed by atoms with Gasteiger partial charge >= 0.3 is 6.18 Å². The first-order valence-corrected chi connectivity index (χ1v) is 13.5. The molecule has 0 atom stereocenters. The molecule has 200 valence electrons. The van der Waals surface area contributed by atoms with Crippen molar-refractivity contribution in [3.8, 4) is 10.4 Å². The summed E-state index contributed by atoms with van der Waals surface area (Å²) >= 11 is 5.05. The van der Waals surface area contributed by atoms with Gasteiger partial charge in [-0.3, -0.25) is 14.3 Å². The van der Waals surface area contributed by atoms with Gasteiger partial charge in [0.25, 0.3) is 12.3 Å². The molecule has 0 spiro atoms. The number of aryl methyl sites for hydroxylation is 1. The van der Waals surface area contributed by atoms with E-state index in [1.165, 1.54) is 17.4 Å². The summed E-state index contributed by atoms with van der Waals surface area (Å²) in [6.45, 7) is 1.26. The van der Waals surface area contributed by atoms with Crippen LogP contribution in [0.2, 0.25) is 0 Å². The van der Waals surface area contributed by atoms with Crippen LogP contribution in [0.3, 0.4) is 0 Å². The molecular formula is C23H17BrF5N5O2S2. The molecule has 1 aliphatic rings. The molecule has 1 aliphatic carbocycles. The number of alkyl halides is 5. The standard InChI is InChI=1S/C23H17BrF5N5O2S2/c1-8-2-5-12(37-8)10-6-11(20(25)26)31-22-14(10)16(18(38-22)21(30)36)32-13(35)7-34-17(9-3-4-9)15(24)19(33-34)23(27,28)29/h2,5-6,9,20H,3-4,7H2,1H3,(H2,30,36)(H,32,35). The minimum absolute atomic E-state index is 0.0351. The maximum Gasteiger partial charge on any atom is 0.436 e. The molecule has 0 saturated heterocycles. The van der Waals surface area contributed by atoms with Crippen LogP contribution in [0.4, 0.5) is 27.6 Å². The average Bonchev–Trinajstić information content (AvgIpc) is 3.30. The van der Waals surface area contributed by atoms with Crippen LogP contribution < -0.4 is 11.1 Å². The van der Waals surface area contributed by atoms with Crippen LogP contribution in [0.15, 0.2) is 22.7 Å². The maximum atomic E-state index is 13.6. The summed E-state index contributed by atoms with van der Waals surface area (Å²) in [5.74, 6) is -1.87. The quantitative estimate of drug-likeness (QED) is 0.217. The van der Waals surface area contributed by atoms with Gasteiger partial charge in [-0.2, -0.15) is 18.3 Å². The lowest BCUT2D eigenvalue weighted by molar-refractivity contribution is -0.142. The second kappa shape index (κ2) is 9.68. The number of nitrogens with one attached hydrogen (secondary N) is 1. The molecule has 0 aliphatic heterocycles. The van der Waals surface area contributed by atoms with Gasteiger partial charge in [-0.05, 0) is 53.9 Å². The minimum Gasteiger partial charge on any atom is -0.365 e. The third-order valence-corrected chi connectivity index (χ3v) is 8.77. The van der Waals surface area contributed by atoms with Crippen molar-refractivity contribution in [1.29, 1.82) is 0 Å². The van der Waals surface area contributed by atoms with E-state index in [9.17, 15) is 31.5 Å². The molecule has 5 rings (SSSR count). The Morgan fingerprint density at radius 2 is 1.97 bits per heavy atom. The summed E-state index contributed by atoms with van der Waals surface area (Å²) in [7, 11) is 0. The average molecular weight is 634 g/mol. The van der Waals surface area contributed by atoms with Gasteiger partial charge in [0, 0.05) is 26.6 Å². The molecule has 0 radical (unpaired) electrons.